The standard InChI is InChI=1S/C7H9NO4/c1-2-4(7(10)11)5-3-6(9)8-12-5/h3-4H,2H2,1H3,(H,8,9)(H,10,11). The van der Waals surface area contributed by atoms with E-state index in [4.69, 9.17) is 5.11 Å². The van der Waals surface area contributed by atoms with Gasteiger partial charge in [0.25, 0.3) is 5.56 Å². The fourth-order valence-electron chi connectivity index (χ4n) is 0.967. The van der Waals surface area contributed by atoms with Crippen LogP contribution in [0.4, 0.5) is 0 Å². The third-order valence-electron chi connectivity index (χ3n) is 1.59. The SMILES string of the molecule is CCC(C(=O)O)c1cc(=O)[nH]o1. The number of carbonyl (C=O) groups is 1. The Hall–Kier alpha value is -1.52. The van der Waals surface area contributed by atoms with Gasteiger partial charge < -0.3 is 9.63 Å². The maximum Gasteiger partial charge on any atom is 0.314 e. The Morgan fingerprint density at radius 3 is 2.83 bits per heavy atom. The maximum absolute atomic E-state index is 10.6. The van der Waals surface area contributed by atoms with Crippen LogP contribution in [0, 0.1) is 0 Å². The fraction of sp³-hybridized carbons (Fsp3) is 0.429. The fourth-order valence-corrected chi connectivity index (χ4v) is 0.967. The molecular weight excluding hydrogens is 162 g/mol. The van der Waals surface area contributed by atoms with Crippen LogP contribution in [0.5, 0.6) is 0 Å². The first-order valence-corrected chi connectivity index (χ1v) is 3.56. The van der Waals surface area contributed by atoms with E-state index >= 15 is 0 Å². The highest BCUT2D eigenvalue weighted by molar-refractivity contribution is 5.74. The van der Waals surface area contributed by atoms with Crippen molar-refractivity contribution in [2.24, 2.45) is 0 Å². The van der Waals surface area contributed by atoms with Crippen molar-refractivity contribution >= 4 is 5.97 Å². The van der Waals surface area contributed by atoms with E-state index in [0.29, 0.717) is 6.42 Å². The molecule has 0 amide bonds. The quantitative estimate of drug-likeness (QED) is 0.695. The molecule has 5 nitrogen and oxygen atoms in total. The van der Waals surface area contributed by atoms with Crippen LogP contribution in [-0.2, 0) is 4.79 Å². The van der Waals surface area contributed by atoms with E-state index in [1.165, 1.54) is 0 Å². The molecule has 2 N–H and O–H groups in total. The van der Waals surface area contributed by atoms with E-state index < -0.39 is 17.4 Å². The van der Waals surface area contributed by atoms with Crippen molar-refractivity contribution in [1.29, 1.82) is 0 Å². The van der Waals surface area contributed by atoms with Crippen LogP contribution < -0.4 is 5.56 Å². The van der Waals surface area contributed by atoms with Gasteiger partial charge in [0, 0.05) is 6.07 Å². The minimum Gasteiger partial charge on any atom is -0.481 e. The van der Waals surface area contributed by atoms with Gasteiger partial charge in [-0.2, -0.15) is 5.16 Å². The van der Waals surface area contributed by atoms with E-state index in [-0.39, 0.29) is 5.76 Å². The Labute approximate surface area is 68.0 Å². The Kier molecular flexibility index (Phi) is 2.32. The second-order valence-electron chi connectivity index (χ2n) is 2.41. The first-order valence-electron chi connectivity index (χ1n) is 3.56. The number of aliphatic carboxylic acids is 1. The van der Waals surface area contributed by atoms with Gasteiger partial charge in [0.1, 0.15) is 5.92 Å². The molecule has 5 heteroatoms. The third kappa shape index (κ3) is 1.55. The summed E-state index contributed by atoms with van der Waals surface area (Å²) in [7, 11) is 0. The summed E-state index contributed by atoms with van der Waals surface area (Å²) in [6.07, 6.45) is 0.399. The molecule has 1 aromatic heterocycles. The Balaban J connectivity index is 2.94. The second kappa shape index (κ2) is 3.25. The molecule has 1 atom stereocenters. The average molecular weight is 171 g/mol. The second-order valence-corrected chi connectivity index (χ2v) is 2.41. The molecule has 66 valence electrons. The van der Waals surface area contributed by atoms with Crippen LogP contribution in [0.15, 0.2) is 15.4 Å². The summed E-state index contributed by atoms with van der Waals surface area (Å²) in [6, 6.07) is 1.16. The van der Waals surface area contributed by atoms with Gasteiger partial charge in [0.05, 0.1) is 0 Å². The number of H-pyrrole nitrogens is 1. The molecule has 0 radical (unpaired) electrons. The lowest BCUT2D eigenvalue weighted by molar-refractivity contribution is -0.139. The van der Waals surface area contributed by atoms with Gasteiger partial charge in [-0.1, -0.05) is 6.92 Å². The predicted octanol–water partition coefficient (Wildman–Crippen LogP) is 0.546. The van der Waals surface area contributed by atoms with Crippen molar-refractivity contribution in [2.45, 2.75) is 19.3 Å². The molecule has 0 aliphatic carbocycles. The van der Waals surface area contributed by atoms with Gasteiger partial charge in [-0.15, -0.1) is 0 Å². The van der Waals surface area contributed by atoms with Gasteiger partial charge in [-0.25, -0.2) is 0 Å². The van der Waals surface area contributed by atoms with Crippen LogP contribution in [0.3, 0.4) is 0 Å². The van der Waals surface area contributed by atoms with Crippen LogP contribution in [0.1, 0.15) is 25.0 Å². The Morgan fingerprint density at radius 1 is 1.83 bits per heavy atom. The van der Waals surface area contributed by atoms with Gasteiger partial charge in [0.2, 0.25) is 0 Å². The molecule has 1 rings (SSSR count). The molecule has 0 aliphatic rings. The normalized spacial score (nSPS) is 12.8. The lowest BCUT2D eigenvalue weighted by Gasteiger charge is -2.02. The summed E-state index contributed by atoms with van der Waals surface area (Å²) in [5.74, 6) is -1.54. The van der Waals surface area contributed by atoms with Gasteiger partial charge in [-0.3, -0.25) is 9.59 Å². The van der Waals surface area contributed by atoms with Crippen molar-refractivity contribution in [1.82, 2.24) is 5.16 Å². The Bertz CT molecular complexity index is 324. The largest absolute Gasteiger partial charge is 0.481 e. The van der Waals surface area contributed by atoms with Gasteiger partial charge >= 0.3 is 5.97 Å². The predicted molar refractivity (Wildman–Crippen MR) is 40.0 cm³/mol. The highest BCUT2D eigenvalue weighted by atomic mass is 16.5. The monoisotopic (exact) mass is 171 g/mol. The van der Waals surface area contributed by atoms with Crippen LogP contribution in [0.25, 0.3) is 0 Å². The molecule has 0 bridgehead atoms. The lowest BCUT2D eigenvalue weighted by Crippen LogP contribution is -2.09. The minimum absolute atomic E-state index is 0.176. The molecule has 1 heterocycles. The summed E-state index contributed by atoms with van der Waals surface area (Å²) in [5, 5.41) is 10.7. The highest BCUT2D eigenvalue weighted by Gasteiger charge is 2.21. The molecule has 12 heavy (non-hydrogen) atoms. The lowest BCUT2D eigenvalue weighted by atomic mass is 10.0. The van der Waals surface area contributed by atoms with E-state index in [1.807, 2.05) is 5.16 Å². The zero-order valence-electron chi connectivity index (χ0n) is 6.53. The van der Waals surface area contributed by atoms with E-state index in [0.717, 1.165) is 6.07 Å². The van der Waals surface area contributed by atoms with Crippen molar-refractivity contribution < 1.29 is 14.4 Å². The number of carboxylic acids is 1. The van der Waals surface area contributed by atoms with Crippen LogP contribution in [0.2, 0.25) is 0 Å². The van der Waals surface area contributed by atoms with Crippen LogP contribution >= 0.6 is 0 Å². The number of rotatable bonds is 3. The molecule has 0 aliphatic heterocycles. The third-order valence-corrected chi connectivity index (χ3v) is 1.59. The van der Waals surface area contributed by atoms with E-state index in [9.17, 15) is 9.59 Å². The summed E-state index contributed by atoms with van der Waals surface area (Å²) >= 11 is 0. The molecule has 0 saturated carbocycles. The maximum atomic E-state index is 10.6. The molecule has 0 fully saturated rings. The molecule has 0 spiro atoms. The number of carboxylic acid groups (broad SMARTS) is 1. The van der Waals surface area contributed by atoms with E-state index in [2.05, 4.69) is 4.52 Å². The summed E-state index contributed by atoms with van der Waals surface area (Å²) < 4.78 is 4.66. The van der Waals surface area contributed by atoms with Crippen molar-refractivity contribution in [2.75, 3.05) is 0 Å². The number of aromatic nitrogens is 1. The minimum atomic E-state index is -0.986. The molecular formula is C7H9NO4. The molecule has 0 aromatic carbocycles. The van der Waals surface area contributed by atoms with Crippen molar-refractivity contribution in [3.63, 3.8) is 0 Å². The number of hydrogen-bond acceptors (Lipinski definition) is 3. The van der Waals surface area contributed by atoms with Crippen molar-refractivity contribution in [3.05, 3.63) is 22.2 Å². The topological polar surface area (TPSA) is 83.3 Å². The average Bonchev–Trinajstić information content (AvgIpc) is 2.37. The molecule has 1 unspecified atom stereocenters. The summed E-state index contributed by atoms with van der Waals surface area (Å²) in [4.78, 5) is 21.2. The van der Waals surface area contributed by atoms with E-state index in [1.54, 1.807) is 6.92 Å². The van der Waals surface area contributed by atoms with Gasteiger partial charge in [-0.05, 0) is 6.42 Å². The molecule has 1 aromatic rings. The number of nitrogens with one attached hydrogen (secondary N) is 1. The van der Waals surface area contributed by atoms with Gasteiger partial charge in [0.15, 0.2) is 5.76 Å². The number of aromatic amines is 1. The first kappa shape index (κ1) is 8.58. The number of hydrogen-bond donors (Lipinski definition) is 2. The first-order chi connectivity index (χ1) is 5.65. The molecule has 0 saturated heterocycles. The Morgan fingerprint density at radius 2 is 2.50 bits per heavy atom. The zero-order valence-corrected chi connectivity index (χ0v) is 6.53. The summed E-state index contributed by atoms with van der Waals surface area (Å²) in [5.41, 5.74) is -0.412. The summed E-state index contributed by atoms with van der Waals surface area (Å²) in [6.45, 7) is 1.71. The van der Waals surface area contributed by atoms with Crippen LogP contribution in [-0.4, -0.2) is 16.2 Å². The highest BCUT2D eigenvalue weighted by Crippen LogP contribution is 2.16. The van der Waals surface area contributed by atoms with Crippen molar-refractivity contribution in [3.8, 4) is 0 Å². The smallest absolute Gasteiger partial charge is 0.314 e. The zero-order chi connectivity index (χ0) is 9.14.